The van der Waals surface area contributed by atoms with Gasteiger partial charge in [-0.25, -0.2) is 0 Å². The summed E-state index contributed by atoms with van der Waals surface area (Å²) in [6.45, 7) is 1.27. The summed E-state index contributed by atoms with van der Waals surface area (Å²) in [5.41, 5.74) is 1.67. The molecule has 0 radical (unpaired) electrons. The summed E-state index contributed by atoms with van der Waals surface area (Å²) in [4.78, 5) is 17.4. The van der Waals surface area contributed by atoms with Gasteiger partial charge in [-0.3, -0.25) is 9.69 Å². The lowest BCUT2D eigenvalue weighted by Crippen LogP contribution is -2.21. The number of rotatable bonds is 6. The number of para-hydroxylation sites is 1. The van der Waals surface area contributed by atoms with Gasteiger partial charge in [0.1, 0.15) is 5.75 Å². The van der Waals surface area contributed by atoms with E-state index in [1.54, 1.807) is 7.11 Å². The first-order valence-corrected chi connectivity index (χ1v) is 7.12. The molecule has 0 spiro atoms. The van der Waals surface area contributed by atoms with Crippen LogP contribution in [-0.2, 0) is 6.54 Å². The van der Waals surface area contributed by atoms with E-state index in [1.165, 1.54) is 11.3 Å². The second-order valence-corrected chi connectivity index (χ2v) is 5.54. The zero-order chi connectivity index (χ0) is 14.5. The van der Waals surface area contributed by atoms with Gasteiger partial charge in [-0.2, -0.15) is 0 Å². The molecule has 6 heteroatoms. The minimum atomic E-state index is -0.0849. The maximum Gasteiger partial charge on any atom is 0.305 e. The number of likely N-dealkylation sites (N-methyl/N-ethyl adjacent to an activating group) is 1. The van der Waals surface area contributed by atoms with Crippen LogP contribution in [0.25, 0.3) is 11.3 Å². The van der Waals surface area contributed by atoms with Crippen molar-refractivity contribution in [2.45, 2.75) is 6.54 Å². The fourth-order valence-corrected chi connectivity index (χ4v) is 2.96. The maximum absolute atomic E-state index is 11.7. The number of methoxy groups -OCH3 is 1. The fourth-order valence-electron chi connectivity index (χ4n) is 2.04. The molecule has 2 N–H and O–H groups in total. The van der Waals surface area contributed by atoms with Crippen LogP contribution in [0.15, 0.2) is 29.1 Å². The molecule has 2 aromatic rings. The van der Waals surface area contributed by atoms with Crippen molar-refractivity contribution in [2.24, 2.45) is 0 Å². The highest BCUT2D eigenvalue weighted by Gasteiger charge is 2.15. The van der Waals surface area contributed by atoms with Crippen LogP contribution >= 0.6 is 11.3 Å². The number of aliphatic hydroxyl groups is 1. The van der Waals surface area contributed by atoms with E-state index in [1.807, 2.05) is 36.2 Å². The lowest BCUT2D eigenvalue weighted by Gasteiger charge is -2.15. The van der Waals surface area contributed by atoms with E-state index in [2.05, 4.69) is 4.98 Å². The monoisotopic (exact) mass is 294 g/mol. The first kappa shape index (κ1) is 14.8. The Kier molecular flexibility index (Phi) is 4.94. The van der Waals surface area contributed by atoms with Gasteiger partial charge in [0, 0.05) is 23.5 Å². The van der Waals surface area contributed by atoms with Crippen LogP contribution in [0.2, 0.25) is 0 Å². The zero-order valence-corrected chi connectivity index (χ0v) is 12.4. The summed E-state index contributed by atoms with van der Waals surface area (Å²) in [6, 6.07) is 7.60. The molecule has 0 aliphatic heterocycles. The number of nitrogens with zero attached hydrogens (tertiary/aromatic N) is 1. The second-order valence-electron chi connectivity index (χ2n) is 4.47. The van der Waals surface area contributed by atoms with Gasteiger partial charge in [0.05, 0.1) is 19.4 Å². The third-order valence-corrected chi connectivity index (χ3v) is 3.86. The van der Waals surface area contributed by atoms with Crippen LogP contribution in [0.5, 0.6) is 5.75 Å². The molecular weight excluding hydrogens is 276 g/mol. The summed E-state index contributed by atoms with van der Waals surface area (Å²) in [5, 5.41) is 8.96. The smallest absolute Gasteiger partial charge is 0.305 e. The number of nitrogens with one attached hydrogen (secondary N) is 1. The van der Waals surface area contributed by atoms with Gasteiger partial charge >= 0.3 is 4.87 Å². The Labute approximate surface area is 121 Å². The Morgan fingerprint density at radius 3 is 2.85 bits per heavy atom. The first-order valence-electron chi connectivity index (χ1n) is 6.30. The van der Waals surface area contributed by atoms with Gasteiger partial charge in [-0.1, -0.05) is 23.5 Å². The van der Waals surface area contributed by atoms with Gasteiger partial charge < -0.3 is 14.8 Å². The van der Waals surface area contributed by atoms with Crippen molar-refractivity contribution in [3.8, 4) is 17.0 Å². The first-order chi connectivity index (χ1) is 9.65. The third-order valence-electron chi connectivity index (χ3n) is 2.99. The van der Waals surface area contributed by atoms with Gasteiger partial charge in [-0.05, 0) is 19.2 Å². The number of aromatic amines is 1. The van der Waals surface area contributed by atoms with Gasteiger partial charge in [-0.15, -0.1) is 0 Å². The molecule has 0 aliphatic carbocycles. The van der Waals surface area contributed by atoms with E-state index < -0.39 is 0 Å². The molecule has 5 nitrogen and oxygen atoms in total. The predicted octanol–water partition coefficient (Wildman–Crippen LogP) is 1.54. The van der Waals surface area contributed by atoms with Crippen LogP contribution in [0.1, 0.15) is 4.88 Å². The van der Waals surface area contributed by atoms with Crippen molar-refractivity contribution < 1.29 is 9.84 Å². The predicted molar refractivity (Wildman–Crippen MR) is 80.3 cm³/mol. The van der Waals surface area contributed by atoms with Crippen molar-refractivity contribution >= 4 is 11.3 Å². The molecule has 0 amide bonds. The van der Waals surface area contributed by atoms with Gasteiger partial charge in [0.2, 0.25) is 0 Å². The van der Waals surface area contributed by atoms with Crippen molar-refractivity contribution in [3.63, 3.8) is 0 Å². The molecular formula is C14H18N2O3S. The van der Waals surface area contributed by atoms with Crippen LogP contribution in [0, 0.1) is 0 Å². The standard InChI is InChI=1S/C14H18N2O3S/c1-16(7-8-17)9-12-13(15-14(18)20-12)10-5-3-4-6-11(10)19-2/h3-6,17H,7-9H2,1-2H3,(H,15,18). The van der Waals surface area contributed by atoms with E-state index in [9.17, 15) is 4.79 Å². The Balaban J connectivity index is 2.39. The van der Waals surface area contributed by atoms with E-state index in [0.717, 1.165) is 21.9 Å². The minimum Gasteiger partial charge on any atom is -0.496 e. The lowest BCUT2D eigenvalue weighted by molar-refractivity contribution is 0.218. The molecule has 1 aromatic carbocycles. The molecule has 20 heavy (non-hydrogen) atoms. The van der Waals surface area contributed by atoms with Crippen LogP contribution in [0.4, 0.5) is 0 Å². The highest BCUT2D eigenvalue weighted by Crippen LogP contribution is 2.31. The SMILES string of the molecule is COc1ccccc1-c1[nH]c(=O)sc1CN(C)CCO. The average molecular weight is 294 g/mol. The van der Waals surface area contributed by atoms with Crippen LogP contribution in [-0.4, -0.2) is 42.3 Å². The molecule has 0 unspecified atom stereocenters. The maximum atomic E-state index is 11.7. The molecule has 1 aromatic heterocycles. The zero-order valence-electron chi connectivity index (χ0n) is 11.5. The van der Waals surface area contributed by atoms with Crippen molar-refractivity contribution in [1.82, 2.24) is 9.88 Å². The molecule has 0 saturated heterocycles. The largest absolute Gasteiger partial charge is 0.496 e. The van der Waals surface area contributed by atoms with Gasteiger partial charge in [0.25, 0.3) is 0 Å². The molecule has 0 fully saturated rings. The second kappa shape index (κ2) is 6.69. The van der Waals surface area contributed by atoms with Crippen molar-refractivity contribution in [2.75, 3.05) is 27.3 Å². The molecule has 0 aliphatic rings. The summed E-state index contributed by atoms with van der Waals surface area (Å²) in [7, 11) is 3.52. The number of aliphatic hydroxyl groups excluding tert-OH is 1. The Bertz CT molecular complexity index is 621. The van der Waals surface area contributed by atoms with Crippen molar-refractivity contribution in [3.05, 3.63) is 38.8 Å². The summed E-state index contributed by atoms with van der Waals surface area (Å²) in [5.74, 6) is 0.729. The minimum absolute atomic E-state index is 0.0849. The number of ether oxygens (including phenoxy) is 1. The number of H-pyrrole nitrogens is 1. The molecule has 1 heterocycles. The quantitative estimate of drug-likeness (QED) is 0.848. The number of aromatic nitrogens is 1. The van der Waals surface area contributed by atoms with E-state index >= 15 is 0 Å². The number of benzene rings is 1. The number of thiazole rings is 1. The fraction of sp³-hybridized carbons (Fsp3) is 0.357. The molecule has 0 atom stereocenters. The average Bonchev–Trinajstić information content (AvgIpc) is 2.79. The highest BCUT2D eigenvalue weighted by atomic mass is 32.1. The lowest BCUT2D eigenvalue weighted by atomic mass is 10.1. The Morgan fingerprint density at radius 1 is 1.40 bits per heavy atom. The third kappa shape index (κ3) is 3.27. The number of hydrogen-bond acceptors (Lipinski definition) is 5. The molecule has 2 rings (SSSR count). The van der Waals surface area contributed by atoms with Crippen LogP contribution in [0.3, 0.4) is 0 Å². The van der Waals surface area contributed by atoms with Crippen molar-refractivity contribution in [1.29, 1.82) is 0 Å². The Hall–Kier alpha value is -1.63. The Morgan fingerprint density at radius 2 is 2.15 bits per heavy atom. The summed E-state index contributed by atoms with van der Waals surface area (Å²) in [6.07, 6.45) is 0. The topological polar surface area (TPSA) is 65.6 Å². The highest BCUT2D eigenvalue weighted by molar-refractivity contribution is 7.09. The molecule has 108 valence electrons. The van der Waals surface area contributed by atoms with Crippen LogP contribution < -0.4 is 9.61 Å². The van der Waals surface area contributed by atoms with Gasteiger partial charge in [0.15, 0.2) is 0 Å². The molecule has 0 saturated carbocycles. The van der Waals surface area contributed by atoms with E-state index in [0.29, 0.717) is 13.1 Å². The van der Waals surface area contributed by atoms with E-state index in [-0.39, 0.29) is 11.5 Å². The number of hydrogen-bond donors (Lipinski definition) is 2. The normalized spacial score (nSPS) is 11.0. The summed E-state index contributed by atoms with van der Waals surface area (Å²) < 4.78 is 5.35. The summed E-state index contributed by atoms with van der Waals surface area (Å²) >= 11 is 1.19. The molecule has 0 bridgehead atoms. The van der Waals surface area contributed by atoms with E-state index in [4.69, 9.17) is 9.84 Å².